The molecule has 0 saturated carbocycles. The number of hydrogen-bond donors (Lipinski definition) is 0. The minimum Gasteiger partial charge on any atom is -0.493 e. The first-order chi connectivity index (χ1) is 22.0. The van der Waals surface area contributed by atoms with Crippen LogP contribution in [0, 0.1) is 6.92 Å². The quantitative estimate of drug-likeness (QED) is 0.135. The molecule has 0 bridgehead atoms. The summed E-state index contributed by atoms with van der Waals surface area (Å²) in [4.78, 5) is 13.8. The molecule has 10 heteroatoms. The number of aromatic nitrogens is 4. The molecule has 0 unspecified atom stereocenters. The van der Waals surface area contributed by atoms with Crippen molar-refractivity contribution in [1.29, 1.82) is 0 Å². The molecule has 0 amide bonds. The fourth-order valence-corrected chi connectivity index (χ4v) is 6.62. The van der Waals surface area contributed by atoms with Crippen molar-refractivity contribution in [2.24, 2.45) is 7.05 Å². The number of benzene rings is 3. The number of halogens is 1. The van der Waals surface area contributed by atoms with Crippen LogP contribution in [0.4, 0.5) is 0 Å². The lowest BCUT2D eigenvalue weighted by Crippen LogP contribution is -2.16. The van der Waals surface area contributed by atoms with E-state index in [1.807, 2.05) is 66.5 Å². The van der Waals surface area contributed by atoms with Crippen molar-refractivity contribution >= 4 is 39.2 Å². The van der Waals surface area contributed by atoms with Crippen molar-refractivity contribution in [3.63, 3.8) is 0 Å². The number of esters is 1. The van der Waals surface area contributed by atoms with Gasteiger partial charge in [-0.15, -0.1) is 0 Å². The minimum absolute atomic E-state index is 0.239. The van der Waals surface area contributed by atoms with E-state index in [1.165, 1.54) is 0 Å². The Morgan fingerprint density at radius 1 is 1.02 bits per heavy atom. The first-order valence-corrected chi connectivity index (χ1v) is 15.5. The molecule has 230 valence electrons. The number of nitrogens with zero attached hydrogens (tertiary/aromatic N) is 4. The molecule has 0 N–H and O–H groups in total. The monoisotopic (exact) mass is 624 g/mol. The Bertz CT molecular complexity index is 2050. The highest BCUT2D eigenvalue weighted by Gasteiger charge is 2.30. The average Bonchev–Trinajstić information content (AvgIpc) is 3.69. The highest BCUT2D eigenvalue weighted by atomic mass is 35.5. The molecule has 3 aromatic heterocycles. The first kappa shape index (κ1) is 29.1. The first-order valence-electron chi connectivity index (χ1n) is 15.1. The maximum absolute atomic E-state index is 13.8. The van der Waals surface area contributed by atoms with Crippen LogP contribution in [0.15, 0.2) is 65.4 Å². The molecule has 6 aromatic rings. The molecule has 0 atom stereocenters. The molecular formula is C35H33ClN4O5. The van der Waals surface area contributed by atoms with Crippen molar-refractivity contribution in [1.82, 2.24) is 19.5 Å². The maximum atomic E-state index is 13.8. The van der Waals surface area contributed by atoms with Crippen LogP contribution in [0.2, 0.25) is 5.02 Å². The Morgan fingerprint density at radius 2 is 1.84 bits per heavy atom. The molecule has 0 saturated heterocycles. The fourth-order valence-electron chi connectivity index (χ4n) is 6.37. The summed E-state index contributed by atoms with van der Waals surface area (Å²) in [6, 6.07) is 18.1. The highest BCUT2D eigenvalue weighted by molar-refractivity contribution is 6.35. The van der Waals surface area contributed by atoms with E-state index in [2.05, 4.69) is 23.4 Å². The molecule has 1 aliphatic rings. The fraction of sp³-hybridized carbons (Fsp3) is 0.286. The number of hydrogen-bond acceptors (Lipinski definition) is 7. The van der Waals surface area contributed by atoms with Crippen molar-refractivity contribution in [3.05, 3.63) is 99.8 Å². The third-order valence-corrected chi connectivity index (χ3v) is 8.83. The van der Waals surface area contributed by atoms with Crippen LogP contribution < -0.4 is 4.74 Å². The molecule has 1 aliphatic heterocycles. The molecule has 9 nitrogen and oxygen atoms in total. The van der Waals surface area contributed by atoms with Gasteiger partial charge in [0, 0.05) is 40.2 Å². The number of fused-ring (bicyclic) bond motifs is 4. The zero-order valence-corrected chi connectivity index (χ0v) is 26.2. The van der Waals surface area contributed by atoms with E-state index in [9.17, 15) is 4.79 Å². The molecular weight excluding hydrogens is 592 g/mol. The number of carbonyl (C=O) groups is 1. The van der Waals surface area contributed by atoms with Gasteiger partial charge in [-0.25, -0.2) is 4.79 Å². The standard InChI is InChI=1S/C35H33ClN4O5/c1-4-43-35(41)34-25(12-8-16-44-30-13-7-10-22-9-5-6-11-24(22)30)26-14-15-27(36)32-31-21(2)39(3)37-29(31)20-42-19-28-23(18-45-38-28)17-40(34)33(26)32/h5-7,9-11,13-15,18H,4,8,12,16-17,19-20H2,1-3H3. The zero-order valence-electron chi connectivity index (χ0n) is 25.4. The van der Waals surface area contributed by atoms with Crippen molar-refractivity contribution in [2.45, 2.75) is 46.4 Å². The average molecular weight is 625 g/mol. The van der Waals surface area contributed by atoms with Gasteiger partial charge >= 0.3 is 5.97 Å². The number of ether oxygens (including phenoxy) is 3. The van der Waals surface area contributed by atoms with Crippen molar-refractivity contribution < 1.29 is 23.5 Å². The third kappa shape index (κ3) is 5.15. The second kappa shape index (κ2) is 12.1. The van der Waals surface area contributed by atoms with Crippen LogP contribution >= 0.6 is 11.6 Å². The molecule has 0 aliphatic carbocycles. The molecule has 3 aromatic carbocycles. The van der Waals surface area contributed by atoms with E-state index in [1.54, 1.807) is 6.26 Å². The second-order valence-corrected chi connectivity index (χ2v) is 11.6. The van der Waals surface area contributed by atoms with E-state index in [4.69, 9.17) is 35.4 Å². The van der Waals surface area contributed by atoms with Gasteiger partial charge in [0.1, 0.15) is 23.4 Å². The summed E-state index contributed by atoms with van der Waals surface area (Å²) in [7, 11) is 1.91. The van der Waals surface area contributed by atoms with E-state index in [0.29, 0.717) is 42.4 Å². The molecule has 0 radical (unpaired) electrons. The lowest BCUT2D eigenvalue weighted by Gasteiger charge is -2.14. The summed E-state index contributed by atoms with van der Waals surface area (Å²) in [5.41, 5.74) is 7.08. The number of carbonyl (C=O) groups excluding carboxylic acids is 1. The van der Waals surface area contributed by atoms with Crippen LogP contribution in [-0.2, 0) is 42.7 Å². The molecule has 0 spiro atoms. The Kier molecular flexibility index (Phi) is 7.81. The van der Waals surface area contributed by atoms with Gasteiger partial charge in [0.15, 0.2) is 0 Å². The van der Waals surface area contributed by atoms with Gasteiger partial charge < -0.3 is 23.3 Å². The van der Waals surface area contributed by atoms with E-state index in [0.717, 1.165) is 61.1 Å². The molecule has 4 heterocycles. The predicted molar refractivity (Wildman–Crippen MR) is 172 cm³/mol. The Balaban J connectivity index is 1.37. The van der Waals surface area contributed by atoms with Gasteiger partial charge in [0.05, 0.1) is 49.2 Å². The van der Waals surface area contributed by atoms with Crippen LogP contribution in [0.5, 0.6) is 5.75 Å². The zero-order chi connectivity index (χ0) is 31.1. The van der Waals surface area contributed by atoms with Crippen LogP contribution in [0.3, 0.4) is 0 Å². The van der Waals surface area contributed by atoms with Gasteiger partial charge in [0.2, 0.25) is 0 Å². The largest absolute Gasteiger partial charge is 0.493 e. The van der Waals surface area contributed by atoms with Gasteiger partial charge in [-0.3, -0.25) is 4.68 Å². The van der Waals surface area contributed by atoms with Gasteiger partial charge in [-0.2, -0.15) is 5.10 Å². The van der Waals surface area contributed by atoms with Crippen molar-refractivity contribution in [3.8, 4) is 16.9 Å². The maximum Gasteiger partial charge on any atom is 0.355 e. The van der Waals surface area contributed by atoms with Crippen molar-refractivity contribution in [2.75, 3.05) is 13.2 Å². The summed E-state index contributed by atoms with van der Waals surface area (Å²) in [6.07, 6.45) is 2.87. The van der Waals surface area contributed by atoms with Crippen LogP contribution in [0.1, 0.15) is 52.0 Å². The smallest absolute Gasteiger partial charge is 0.355 e. The van der Waals surface area contributed by atoms with Crippen LogP contribution in [-0.4, -0.2) is 38.7 Å². The van der Waals surface area contributed by atoms with Gasteiger partial charge in [0.25, 0.3) is 0 Å². The summed E-state index contributed by atoms with van der Waals surface area (Å²) in [5, 5.41) is 12.7. The Morgan fingerprint density at radius 3 is 2.71 bits per heavy atom. The van der Waals surface area contributed by atoms with E-state index < -0.39 is 5.97 Å². The summed E-state index contributed by atoms with van der Waals surface area (Å²) < 4.78 is 27.2. The molecule has 7 rings (SSSR count). The summed E-state index contributed by atoms with van der Waals surface area (Å²) in [6.45, 7) is 5.37. The minimum atomic E-state index is -0.395. The summed E-state index contributed by atoms with van der Waals surface area (Å²) in [5.74, 6) is 0.444. The Hall–Kier alpha value is -4.60. The normalized spacial score (nSPS) is 13.0. The SMILES string of the molecule is CCOC(=O)c1c(CCCOc2cccc3ccccc23)c2ccc(Cl)c3c2n1Cc1conc1COCc1nn(C)c(C)c1-3. The summed E-state index contributed by atoms with van der Waals surface area (Å²) >= 11 is 7.04. The second-order valence-electron chi connectivity index (χ2n) is 11.2. The van der Waals surface area contributed by atoms with Gasteiger partial charge in [-0.05, 0) is 49.8 Å². The Labute approximate surface area is 265 Å². The number of rotatable bonds is 7. The van der Waals surface area contributed by atoms with Crippen LogP contribution in [0.25, 0.3) is 32.8 Å². The number of aryl methyl sites for hydroxylation is 2. The molecule has 45 heavy (non-hydrogen) atoms. The van der Waals surface area contributed by atoms with E-state index >= 15 is 0 Å². The van der Waals surface area contributed by atoms with Gasteiger partial charge in [-0.1, -0.05) is 59.2 Å². The topological polar surface area (TPSA) is 93.5 Å². The lowest BCUT2D eigenvalue weighted by molar-refractivity contribution is 0.0513. The third-order valence-electron chi connectivity index (χ3n) is 8.52. The molecule has 0 fully saturated rings. The highest BCUT2D eigenvalue weighted by Crippen LogP contribution is 2.43. The lowest BCUT2D eigenvalue weighted by atomic mass is 9.98. The predicted octanol–water partition coefficient (Wildman–Crippen LogP) is 7.41. The van der Waals surface area contributed by atoms with E-state index in [-0.39, 0.29) is 19.8 Å².